The van der Waals surface area contributed by atoms with E-state index in [9.17, 15) is 5.11 Å². The Labute approximate surface area is 161 Å². The van der Waals surface area contributed by atoms with Crippen LogP contribution in [-0.2, 0) is 5.72 Å². The Kier molecular flexibility index (Phi) is 4.61. The molecule has 5 heteroatoms. The van der Waals surface area contributed by atoms with Gasteiger partial charge in [0, 0.05) is 21.5 Å². The van der Waals surface area contributed by atoms with Crippen molar-refractivity contribution in [3.05, 3.63) is 63.6 Å². The van der Waals surface area contributed by atoms with Crippen LogP contribution in [-0.4, -0.2) is 28.6 Å². The lowest BCUT2D eigenvalue weighted by atomic mass is 10.0. The van der Waals surface area contributed by atoms with Crippen LogP contribution in [0, 0.1) is 0 Å². The Morgan fingerprint density at radius 3 is 2.44 bits per heavy atom. The largest absolute Gasteiger partial charge is 0.346 e. The average molecular weight is 421 g/mol. The number of amidine groups is 1. The van der Waals surface area contributed by atoms with E-state index in [2.05, 4.69) is 25.4 Å². The summed E-state index contributed by atoms with van der Waals surface area (Å²) in [7, 11) is 0. The van der Waals surface area contributed by atoms with Crippen molar-refractivity contribution in [3.8, 4) is 0 Å². The molecule has 130 valence electrons. The Morgan fingerprint density at radius 1 is 1.00 bits per heavy atom. The fourth-order valence-electron chi connectivity index (χ4n) is 3.90. The van der Waals surface area contributed by atoms with E-state index in [1.165, 1.54) is 12.3 Å². The van der Waals surface area contributed by atoms with Crippen LogP contribution in [0.3, 0.4) is 0 Å². The summed E-state index contributed by atoms with van der Waals surface area (Å²) in [5.74, 6) is 1.21. The van der Waals surface area contributed by atoms with Gasteiger partial charge in [-0.1, -0.05) is 39.7 Å². The summed E-state index contributed by atoms with van der Waals surface area (Å²) >= 11 is 9.54. The minimum Gasteiger partial charge on any atom is -0.346 e. The van der Waals surface area contributed by atoms with Gasteiger partial charge in [0.25, 0.3) is 11.6 Å². The van der Waals surface area contributed by atoms with Crippen LogP contribution in [0.1, 0.15) is 31.2 Å². The molecule has 1 atom stereocenters. The molecule has 2 aromatic rings. The topological polar surface area (TPSA) is 26.5 Å². The number of anilines is 1. The zero-order chi connectivity index (χ0) is 17.4. The molecule has 1 N–H and O–H groups in total. The molecule has 0 fully saturated rings. The first-order valence-corrected chi connectivity index (χ1v) is 9.90. The predicted molar refractivity (Wildman–Crippen MR) is 105 cm³/mol. The van der Waals surface area contributed by atoms with Crippen LogP contribution in [0.2, 0.25) is 5.02 Å². The first-order chi connectivity index (χ1) is 12.1. The van der Waals surface area contributed by atoms with Crippen LogP contribution in [0.15, 0.2) is 53.0 Å². The number of rotatable bonds is 2. The van der Waals surface area contributed by atoms with Crippen molar-refractivity contribution in [3.63, 3.8) is 0 Å². The number of hydrogen-bond acceptors (Lipinski definition) is 2. The molecule has 0 bridgehead atoms. The molecule has 2 aromatic carbocycles. The van der Waals surface area contributed by atoms with E-state index in [1.807, 2.05) is 48.5 Å². The molecule has 2 heterocycles. The monoisotopic (exact) mass is 419 g/mol. The normalized spacial score (nSPS) is 23.6. The highest BCUT2D eigenvalue weighted by molar-refractivity contribution is 9.10. The summed E-state index contributed by atoms with van der Waals surface area (Å²) in [6, 6.07) is 15.9. The molecule has 0 unspecified atom stereocenters. The van der Waals surface area contributed by atoms with Crippen LogP contribution in [0.5, 0.6) is 0 Å². The van der Waals surface area contributed by atoms with Gasteiger partial charge in [0.1, 0.15) is 5.69 Å². The quantitative estimate of drug-likeness (QED) is 0.710. The predicted octanol–water partition coefficient (Wildman–Crippen LogP) is 4.75. The molecule has 0 aliphatic carbocycles. The van der Waals surface area contributed by atoms with Crippen molar-refractivity contribution in [1.29, 1.82) is 0 Å². The molecule has 2 aliphatic heterocycles. The van der Waals surface area contributed by atoms with E-state index in [4.69, 9.17) is 11.6 Å². The van der Waals surface area contributed by atoms with E-state index < -0.39 is 5.72 Å². The third kappa shape index (κ3) is 3.12. The van der Waals surface area contributed by atoms with Crippen LogP contribution >= 0.6 is 27.5 Å². The van der Waals surface area contributed by atoms with E-state index in [0.29, 0.717) is 6.54 Å². The minimum absolute atomic E-state index is 0.533. The van der Waals surface area contributed by atoms with Crippen LogP contribution < -0.4 is 4.90 Å². The van der Waals surface area contributed by atoms with Gasteiger partial charge in [0.15, 0.2) is 6.54 Å². The van der Waals surface area contributed by atoms with Crippen LogP contribution in [0.25, 0.3) is 0 Å². The molecule has 0 radical (unpaired) electrons. The number of aliphatic hydroxyl groups is 1. The van der Waals surface area contributed by atoms with Gasteiger partial charge in [-0.25, -0.2) is 9.48 Å². The fourth-order valence-corrected chi connectivity index (χ4v) is 4.29. The standard InChI is InChI=1S/C20H21BrClN2O/c21-16-7-5-15(6-8-16)20(25)14-23(18-11-9-17(22)10-12-18)19-4-2-1-3-13-24(19)20/h5-12,25H,1-4,13-14H2/q+1/t20-/m0/s1. The number of β-amino-alcohol motifs (C(OH)–C–C–N with tert-alkyl or cyclic N) is 1. The number of benzene rings is 2. The molecule has 0 saturated carbocycles. The molecule has 4 rings (SSSR count). The first kappa shape index (κ1) is 17.1. The zero-order valence-corrected chi connectivity index (χ0v) is 16.3. The smallest absolute Gasteiger partial charge is 0.271 e. The maximum absolute atomic E-state index is 11.7. The van der Waals surface area contributed by atoms with E-state index >= 15 is 0 Å². The summed E-state index contributed by atoms with van der Waals surface area (Å²) in [5, 5.41) is 12.4. The van der Waals surface area contributed by atoms with Crippen molar-refractivity contribution in [1.82, 2.24) is 0 Å². The Hall–Kier alpha value is -1.36. The second-order valence-electron chi connectivity index (χ2n) is 6.76. The van der Waals surface area contributed by atoms with E-state index in [1.54, 1.807) is 0 Å². The SMILES string of the molecule is O[C@]1(c2ccc(Br)cc2)CN(c2ccc(Cl)cc2)C2=[N+]1CCCCC2. The number of nitrogens with zero attached hydrogens (tertiary/aromatic N) is 2. The second-order valence-corrected chi connectivity index (χ2v) is 8.12. The van der Waals surface area contributed by atoms with Gasteiger partial charge in [-0.15, -0.1) is 0 Å². The summed E-state index contributed by atoms with van der Waals surface area (Å²) < 4.78 is 3.23. The highest BCUT2D eigenvalue weighted by atomic mass is 79.9. The van der Waals surface area contributed by atoms with Gasteiger partial charge >= 0.3 is 0 Å². The van der Waals surface area contributed by atoms with Crippen molar-refractivity contribution >= 4 is 39.1 Å². The van der Waals surface area contributed by atoms with E-state index in [0.717, 1.165) is 46.6 Å². The lowest BCUT2D eigenvalue weighted by Gasteiger charge is -2.23. The molecular weight excluding hydrogens is 400 g/mol. The van der Waals surface area contributed by atoms with Gasteiger partial charge < -0.3 is 5.11 Å². The lowest BCUT2D eigenvalue weighted by Crippen LogP contribution is -2.41. The third-order valence-electron chi connectivity index (χ3n) is 5.18. The summed E-state index contributed by atoms with van der Waals surface area (Å²) in [6.07, 6.45) is 4.45. The molecule has 25 heavy (non-hydrogen) atoms. The molecule has 0 spiro atoms. The minimum atomic E-state index is -1.000. The lowest BCUT2D eigenvalue weighted by molar-refractivity contribution is -0.658. The molecule has 0 aromatic heterocycles. The molecular formula is C20H21BrClN2O+. The second kappa shape index (κ2) is 6.75. The molecule has 3 nitrogen and oxygen atoms in total. The van der Waals surface area contributed by atoms with Crippen molar-refractivity contribution in [2.75, 3.05) is 18.0 Å². The van der Waals surface area contributed by atoms with Gasteiger partial charge in [0.05, 0.1) is 6.54 Å². The summed E-state index contributed by atoms with van der Waals surface area (Å²) in [5.41, 5.74) is 1.02. The highest BCUT2D eigenvalue weighted by Crippen LogP contribution is 2.36. The summed E-state index contributed by atoms with van der Waals surface area (Å²) in [6.45, 7) is 1.41. The Balaban J connectivity index is 1.79. The van der Waals surface area contributed by atoms with Crippen molar-refractivity contribution in [2.24, 2.45) is 0 Å². The summed E-state index contributed by atoms with van der Waals surface area (Å²) in [4.78, 5) is 2.25. The molecule has 0 amide bonds. The molecule has 2 aliphatic rings. The van der Waals surface area contributed by atoms with E-state index in [-0.39, 0.29) is 0 Å². The highest BCUT2D eigenvalue weighted by Gasteiger charge is 2.51. The van der Waals surface area contributed by atoms with Crippen molar-refractivity contribution in [2.45, 2.75) is 31.4 Å². The first-order valence-electron chi connectivity index (χ1n) is 8.73. The fraction of sp³-hybridized carbons (Fsp3) is 0.350. The third-order valence-corrected chi connectivity index (χ3v) is 5.96. The molecule has 0 saturated heterocycles. The van der Waals surface area contributed by atoms with Crippen LogP contribution in [0.4, 0.5) is 5.69 Å². The van der Waals surface area contributed by atoms with Gasteiger partial charge in [-0.3, -0.25) is 0 Å². The Bertz CT molecular complexity index is 803. The maximum atomic E-state index is 11.7. The van der Waals surface area contributed by atoms with Crippen molar-refractivity contribution < 1.29 is 9.68 Å². The number of hydrogen-bond donors (Lipinski definition) is 1. The maximum Gasteiger partial charge on any atom is 0.271 e. The van der Waals surface area contributed by atoms with Gasteiger partial charge in [0.2, 0.25) is 0 Å². The average Bonchev–Trinajstić information content (AvgIpc) is 2.78. The Morgan fingerprint density at radius 2 is 1.72 bits per heavy atom. The zero-order valence-electron chi connectivity index (χ0n) is 14.0. The number of halogens is 2. The van der Waals surface area contributed by atoms with Gasteiger partial charge in [-0.2, -0.15) is 0 Å². The van der Waals surface area contributed by atoms with Gasteiger partial charge in [-0.05, 0) is 55.7 Å².